The van der Waals surface area contributed by atoms with E-state index in [1.807, 2.05) is 27.7 Å². The van der Waals surface area contributed by atoms with Gasteiger partial charge in [0.2, 0.25) is 12.3 Å². The standard InChI is InChI=1S/C31H35ClFN7O2/c1-8-26(42)38-11-12-39(20(5)15-38)30(34-7)23-14-24(32)28(22-13-19(4)9-10-25(22)33)37-31(23)40(17-41)29-21(6)35-16-36-27(29)18(2)3/h8-10,13-14,16-18,20H,1,11-12,15H2,2-7H3. The zero-order chi connectivity index (χ0) is 30.7. The van der Waals surface area contributed by atoms with Crippen molar-refractivity contribution in [1.29, 1.82) is 0 Å². The van der Waals surface area contributed by atoms with Crippen LogP contribution in [0.3, 0.4) is 0 Å². The highest BCUT2D eigenvalue weighted by molar-refractivity contribution is 6.33. The fraction of sp³-hybridized carbons (Fsp3) is 0.355. The molecule has 11 heteroatoms. The fourth-order valence-corrected chi connectivity index (χ4v) is 5.51. The van der Waals surface area contributed by atoms with E-state index in [4.69, 9.17) is 16.6 Å². The fourth-order valence-electron chi connectivity index (χ4n) is 5.26. The first-order valence-corrected chi connectivity index (χ1v) is 14.1. The minimum atomic E-state index is -0.491. The number of rotatable bonds is 7. The van der Waals surface area contributed by atoms with Gasteiger partial charge in [-0.2, -0.15) is 0 Å². The number of carbonyl (C=O) groups excluding carboxylic acids is 2. The number of piperazine rings is 1. The van der Waals surface area contributed by atoms with Gasteiger partial charge in [-0.1, -0.05) is 43.7 Å². The molecule has 1 aliphatic rings. The minimum absolute atomic E-state index is 0.0385. The van der Waals surface area contributed by atoms with Crippen molar-refractivity contribution in [3.05, 3.63) is 76.6 Å². The molecule has 0 N–H and O–H groups in total. The summed E-state index contributed by atoms with van der Waals surface area (Å²) in [6.07, 6.45) is 3.43. The van der Waals surface area contributed by atoms with Gasteiger partial charge in [0.05, 0.1) is 33.4 Å². The SMILES string of the molecule is C=CC(=O)N1CCN(C(=NC)c2cc(Cl)c(-c3cc(C)ccc3F)nc2N(C=O)c2c(C)ncnc2C(C)C)C(C)C1. The Kier molecular flexibility index (Phi) is 9.36. The summed E-state index contributed by atoms with van der Waals surface area (Å²) in [6, 6.07) is 6.24. The lowest BCUT2D eigenvalue weighted by Gasteiger charge is -2.41. The summed E-state index contributed by atoms with van der Waals surface area (Å²) in [6.45, 7) is 14.6. The van der Waals surface area contributed by atoms with E-state index >= 15 is 4.39 Å². The number of nitrogens with zero attached hydrogens (tertiary/aromatic N) is 7. The van der Waals surface area contributed by atoms with E-state index in [1.165, 1.54) is 23.4 Å². The van der Waals surface area contributed by atoms with Crippen molar-refractivity contribution in [3.8, 4) is 11.3 Å². The van der Waals surface area contributed by atoms with Crippen molar-refractivity contribution in [2.24, 2.45) is 4.99 Å². The van der Waals surface area contributed by atoms with Crippen LogP contribution in [0.2, 0.25) is 5.02 Å². The Hall–Kier alpha value is -4.18. The van der Waals surface area contributed by atoms with Gasteiger partial charge in [0.15, 0.2) is 5.82 Å². The number of aromatic nitrogens is 3. The molecule has 42 heavy (non-hydrogen) atoms. The largest absolute Gasteiger partial charge is 0.350 e. The maximum atomic E-state index is 15.1. The van der Waals surface area contributed by atoms with Crippen LogP contribution in [0.5, 0.6) is 0 Å². The number of hydrogen-bond acceptors (Lipinski definition) is 6. The Morgan fingerprint density at radius 1 is 1.24 bits per heavy atom. The van der Waals surface area contributed by atoms with Gasteiger partial charge < -0.3 is 9.80 Å². The predicted molar refractivity (Wildman–Crippen MR) is 164 cm³/mol. The molecule has 1 aliphatic heterocycles. The van der Waals surface area contributed by atoms with Crippen molar-refractivity contribution in [2.45, 2.75) is 46.6 Å². The lowest BCUT2D eigenvalue weighted by Crippen LogP contribution is -2.55. The third-order valence-electron chi connectivity index (χ3n) is 7.33. The second-order valence-electron chi connectivity index (χ2n) is 10.6. The summed E-state index contributed by atoms with van der Waals surface area (Å²) >= 11 is 6.83. The smallest absolute Gasteiger partial charge is 0.246 e. The van der Waals surface area contributed by atoms with Crippen LogP contribution in [-0.2, 0) is 9.59 Å². The van der Waals surface area contributed by atoms with Crippen LogP contribution >= 0.6 is 11.6 Å². The minimum Gasteiger partial charge on any atom is -0.350 e. The van der Waals surface area contributed by atoms with Crippen LogP contribution in [0.4, 0.5) is 15.9 Å². The number of anilines is 2. The van der Waals surface area contributed by atoms with Crippen molar-refractivity contribution < 1.29 is 14.0 Å². The molecule has 0 bridgehead atoms. The monoisotopic (exact) mass is 591 g/mol. The number of hydrogen-bond donors (Lipinski definition) is 0. The van der Waals surface area contributed by atoms with Crippen molar-refractivity contribution >= 4 is 41.3 Å². The van der Waals surface area contributed by atoms with Crippen molar-refractivity contribution in [2.75, 3.05) is 31.6 Å². The average Bonchev–Trinajstić information content (AvgIpc) is 2.96. The number of amides is 2. The molecule has 0 radical (unpaired) electrons. The van der Waals surface area contributed by atoms with Crippen LogP contribution in [0, 0.1) is 19.7 Å². The number of aryl methyl sites for hydroxylation is 2. The molecule has 0 aliphatic carbocycles. The molecule has 1 saturated heterocycles. The summed E-state index contributed by atoms with van der Waals surface area (Å²) < 4.78 is 15.1. The quantitative estimate of drug-likeness (QED) is 0.157. The Bertz CT molecular complexity index is 1560. The molecule has 3 aromatic rings. The highest BCUT2D eigenvalue weighted by Crippen LogP contribution is 2.39. The molecule has 9 nitrogen and oxygen atoms in total. The zero-order valence-electron chi connectivity index (χ0n) is 24.7. The van der Waals surface area contributed by atoms with Gasteiger partial charge in [0.1, 0.15) is 18.0 Å². The Morgan fingerprint density at radius 3 is 2.60 bits per heavy atom. The average molecular weight is 592 g/mol. The highest BCUT2D eigenvalue weighted by Gasteiger charge is 2.33. The summed E-state index contributed by atoms with van der Waals surface area (Å²) in [7, 11) is 1.65. The Labute approximate surface area is 250 Å². The van der Waals surface area contributed by atoms with Crippen molar-refractivity contribution in [3.63, 3.8) is 0 Å². The molecule has 4 rings (SSSR count). The molecule has 1 unspecified atom stereocenters. The molecule has 2 amide bonds. The van der Waals surface area contributed by atoms with E-state index < -0.39 is 5.82 Å². The van der Waals surface area contributed by atoms with Gasteiger partial charge in [-0.3, -0.25) is 19.5 Å². The molecule has 0 spiro atoms. The topological polar surface area (TPSA) is 94.9 Å². The van der Waals surface area contributed by atoms with Gasteiger partial charge in [-0.25, -0.2) is 19.3 Å². The molecular weight excluding hydrogens is 557 g/mol. The van der Waals surface area contributed by atoms with Gasteiger partial charge in [0.25, 0.3) is 0 Å². The Balaban J connectivity index is 1.97. The van der Waals surface area contributed by atoms with Crippen LogP contribution in [0.15, 0.2) is 48.2 Å². The second kappa shape index (κ2) is 12.8. The predicted octanol–water partition coefficient (Wildman–Crippen LogP) is 5.46. The lowest BCUT2D eigenvalue weighted by molar-refractivity contribution is -0.128. The first-order chi connectivity index (χ1) is 20.0. The number of amidine groups is 1. The maximum absolute atomic E-state index is 15.1. The number of aliphatic imine (C=N–C) groups is 1. The first kappa shape index (κ1) is 30.8. The molecule has 3 heterocycles. The normalized spacial score (nSPS) is 15.6. The molecule has 0 saturated carbocycles. The summed E-state index contributed by atoms with van der Waals surface area (Å²) in [5, 5.41) is 0.198. The number of carbonyl (C=O) groups is 2. The van der Waals surface area contributed by atoms with E-state index in [-0.39, 0.29) is 40.0 Å². The summed E-state index contributed by atoms with van der Waals surface area (Å²) in [4.78, 5) is 48.7. The molecular formula is C31H35ClFN7O2. The van der Waals surface area contributed by atoms with Gasteiger partial charge in [-0.05, 0) is 51.0 Å². The molecule has 1 fully saturated rings. The van der Waals surface area contributed by atoms with Crippen molar-refractivity contribution in [1.82, 2.24) is 24.8 Å². The third kappa shape index (κ3) is 5.90. The van der Waals surface area contributed by atoms with Crippen LogP contribution in [0.25, 0.3) is 11.3 Å². The van der Waals surface area contributed by atoms with E-state index in [9.17, 15) is 9.59 Å². The van der Waals surface area contributed by atoms with E-state index in [2.05, 4.69) is 26.4 Å². The van der Waals surface area contributed by atoms with E-state index in [0.29, 0.717) is 54.5 Å². The molecule has 1 aromatic carbocycles. The Morgan fingerprint density at radius 2 is 1.98 bits per heavy atom. The number of halogens is 2. The maximum Gasteiger partial charge on any atom is 0.246 e. The lowest BCUT2D eigenvalue weighted by atomic mass is 10.0. The van der Waals surface area contributed by atoms with Gasteiger partial charge in [-0.15, -0.1) is 0 Å². The molecule has 1 atom stereocenters. The van der Waals surface area contributed by atoms with Gasteiger partial charge in [0, 0.05) is 38.3 Å². The summed E-state index contributed by atoms with van der Waals surface area (Å²) in [5.41, 5.74) is 3.41. The van der Waals surface area contributed by atoms with E-state index in [0.717, 1.165) is 5.56 Å². The summed E-state index contributed by atoms with van der Waals surface area (Å²) in [5.74, 6) is 0.0704. The van der Waals surface area contributed by atoms with E-state index in [1.54, 1.807) is 37.1 Å². The number of benzene rings is 1. The van der Waals surface area contributed by atoms with Gasteiger partial charge >= 0.3 is 0 Å². The second-order valence-corrected chi connectivity index (χ2v) is 11.0. The number of pyridine rings is 1. The van der Waals surface area contributed by atoms with Crippen LogP contribution in [-0.4, -0.2) is 75.6 Å². The zero-order valence-corrected chi connectivity index (χ0v) is 25.5. The van der Waals surface area contributed by atoms with Crippen LogP contribution < -0.4 is 4.90 Å². The molecule has 220 valence electrons. The first-order valence-electron chi connectivity index (χ1n) is 13.7. The highest BCUT2D eigenvalue weighted by atomic mass is 35.5. The van der Waals surface area contributed by atoms with Crippen LogP contribution in [0.1, 0.15) is 49.2 Å². The molecule has 2 aromatic heterocycles. The third-order valence-corrected chi connectivity index (χ3v) is 7.61.